The summed E-state index contributed by atoms with van der Waals surface area (Å²) < 4.78 is 51.8. The Labute approximate surface area is 213 Å². The summed E-state index contributed by atoms with van der Waals surface area (Å²) in [6.07, 6.45) is 0.489. The van der Waals surface area contributed by atoms with Gasteiger partial charge in [-0.25, -0.2) is 15.0 Å². The molecular formula is C24H32F3N7O3. The molecule has 2 unspecified atom stereocenters. The molecule has 13 heteroatoms. The fourth-order valence-electron chi connectivity index (χ4n) is 5.38. The SMILES string of the molecule is COC1COCCC1NC1CCN(C(=O)c2ncnc(N3CCn4cc(C(F)(F)F)nc4C3)c2C)CC1. The molecule has 0 radical (unpaired) electrons. The molecule has 5 heterocycles. The van der Waals surface area contributed by atoms with E-state index in [1.807, 2.05) is 9.80 Å². The van der Waals surface area contributed by atoms with Gasteiger partial charge in [0, 0.05) is 63.7 Å². The Morgan fingerprint density at radius 3 is 2.68 bits per heavy atom. The van der Waals surface area contributed by atoms with Gasteiger partial charge >= 0.3 is 6.18 Å². The number of nitrogens with zero attached hydrogens (tertiary/aromatic N) is 6. The Kier molecular flexibility index (Phi) is 7.37. The number of nitrogens with one attached hydrogen (secondary N) is 1. The van der Waals surface area contributed by atoms with Gasteiger partial charge in [-0.1, -0.05) is 0 Å². The fourth-order valence-corrected chi connectivity index (χ4v) is 5.38. The van der Waals surface area contributed by atoms with E-state index < -0.39 is 11.9 Å². The quantitative estimate of drug-likeness (QED) is 0.636. The third kappa shape index (κ3) is 5.43. The molecule has 2 fully saturated rings. The standard InChI is InChI=1S/C24H32F3N7O3/c1-15-21(23(35)32-6-3-16(4-7-32)30-17-5-10-37-13-18(17)36-2)28-14-29-22(15)34-9-8-33-11-19(24(25,26)27)31-20(33)12-34/h11,14,16-18,30H,3-10,12-13H2,1-2H3. The van der Waals surface area contributed by atoms with Crippen molar-refractivity contribution < 1.29 is 27.4 Å². The number of ether oxygens (including phenoxy) is 2. The second kappa shape index (κ2) is 10.5. The van der Waals surface area contributed by atoms with Crippen LogP contribution in [0.5, 0.6) is 0 Å². The number of halogens is 3. The second-order valence-electron chi connectivity index (χ2n) is 9.80. The molecule has 202 valence electrons. The van der Waals surface area contributed by atoms with Crippen LogP contribution in [0.4, 0.5) is 19.0 Å². The van der Waals surface area contributed by atoms with Gasteiger partial charge in [-0.05, 0) is 26.2 Å². The van der Waals surface area contributed by atoms with E-state index in [4.69, 9.17) is 9.47 Å². The summed E-state index contributed by atoms with van der Waals surface area (Å²) in [6, 6.07) is 0.538. The van der Waals surface area contributed by atoms with E-state index in [9.17, 15) is 18.0 Å². The minimum Gasteiger partial charge on any atom is -0.379 e. The third-order valence-electron chi connectivity index (χ3n) is 7.49. The number of imidazole rings is 1. The number of methoxy groups -OCH3 is 1. The highest BCUT2D eigenvalue weighted by Gasteiger charge is 2.36. The first-order valence-corrected chi connectivity index (χ1v) is 12.6. The van der Waals surface area contributed by atoms with Crippen molar-refractivity contribution in [3.8, 4) is 0 Å². The fraction of sp³-hybridized carbons (Fsp3) is 0.667. The predicted octanol–water partition coefficient (Wildman–Crippen LogP) is 2.02. The summed E-state index contributed by atoms with van der Waals surface area (Å²) in [4.78, 5) is 29.5. The summed E-state index contributed by atoms with van der Waals surface area (Å²) in [5.74, 6) is 0.709. The summed E-state index contributed by atoms with van der Waals surface area (Å²) in [5.41, 5.74) is 0.0474. The number of carbonyl (C=O) groups excluding carboxylic acids is 1. The maximum Gasteiger partial charge on any atom is 0.434 e. The maximum atomic E-state index is 13.4. The molecule has 0 saturated carbocycles. The number of rotatable bonds is 5. The first kappa shape index (κ1) is 25.9. The van der Waals surface area contributed by atoms with Gasteiger partial charge in [0.1, 0.15) is 23.7 Å². The smallest absolute Gasteiger partial charge is 0.379 e. The van der Waals surface area contributed by atoms with Crippen molar-refractivity contribution in [2.24, 2.45) is 0 Å². The van der Waals surface area contributed by atoms with Crippen LogP contribution in [0, 0.1) is 6.92 Å². The average Bonchev–Trinajstić information content (AvgIpc) is 3.34. The van der Waals surface area contributed by atoms with Crippen molar-refractivity contribution in [3.63, 3.8) is 0 Å². The van der Waals surface area contributed by atoms with Crippen molar-refractivity contribution in [1.29, 1.82) is 0 Å². The zero-order valence-corrected chi connectivity index (χ0v) is 21.0. The molecule has 1 amide bonds. The van der Waals surface area contributed by atoms with Gasteiger partial charge in [0.05, 0.1) is 19.3 Å². The van der Waals surface area contributed by atoms with Crippen molar-refractivity contribution in [1.82, 2.24) is 29.7 Å². The Bertz CT molecular complexity index is 1120. The van der Waals surface area contributed by atoms with Crippen LogP contribution in [-0.4, -0.2) is 88.5 Å². The lowest BCUT2D eigenvalue weighted by molar-refractivity contribution is -0.141. The van der Waals surface area contributed by atoms with Gasteiger partial charge in [0.2, 0.25) is 0 Å². The average molecular weight is 524 g/mol. The molecule has 0 spiro atoms. The van der Waals surface area contributed by atoms with Crippen LogP contribution in [0.25, 0.3) is 0 Å². The number of alkyl halides is 3. The van der Waals surface area contributed by atoms with Crippen LogP contribution in [0.1, 0.15) is 46.8 Å². The molecule has 0 aliphatic carbocycles. The lowest BCUT2D eigenvalue weighted by Crippen LogP contribution is -2.54. The van der Waals surface area contributed by atoms with Crippen LogP contribution in [-0.2, 0) is 28.7 Å². The number of hydrogen-bond acceptors (Lipinski definition) is 8. The Morgan fingerprint density at radius 1 is 1.16 bits per heavy atom. The molecule has 2 atom stereocenters. The highest BCUT2D eigenvalue weighted by atomic mass is 19.4. The van der Waals surface area contributed by atoms with Crippen molar-refractivity contribution >= 4 is 11.7 Å². The number of anilines is 1. The largest absolute Gasteiger partial charge is 0.434 e. The molecule has 5 rings (SSSR count). The minimum absolute atomic E-state index is 0.0309. The van der Waals surface area contributed by atoms with Crippen LogP contribution in [0.3, 0.4) is 0 Å². The zero-order chi connectivity index (χ0) is 26.2. The topological polar surface area (TPSA) is 97.6 Å². The van der Waals surface area contributed by atoms with Crippen LogP contribution in [0.15, 0.2) is 12.5 Å². The summed E-state index contributed by atoms with van der Waals surface area (Å²) >= 11 is 0. The van der Waals surface area contributed by atoms with Gasteiger partial charge in [0.25, 0.3) is 5.91 Å². The molecule has 37 heavy (non-hydrogen) atoms. The Morgan fingerprint density at radius 2 is 1.95 bits per heavy atom. The third-order valence-corrected chi connectivity index (χ3v) is 7.49. The molecular weight excluding hydrogens is 491 g/mol. The Hall–Kier alpha value is -2.77. The van der Waals surface area contributed by atoms with Crippen LogP contribution < -0.4 is 10.2 Å². The number of amides is 1. The van der Waals surface area contributed by atoms with E-state index in [0.717, 1.165) is 25.5 Å². The van der Waals surface area contributed by atoms with Gasteiger partial charge < -0.3 is 29.2 Å². The van der Waals surface area contributed by atoms with E-state index in [2.05, 4.69) is 20.3 Å². The number of piperidine rings is 1. The van der Waals surface area contributed by atoms with Crippen molar-refractivity contribution in [2.45, 2.75) is 63.6 Å². The summed E-state index contributed by atoms with van der Waals surface area (Å²) in [7, 11) is 1.70. The van der Waals surface area contributed by atoms with Crippen molar-refractivity contribution in [3.05, 3.63) is 35.3 Å². The minimum atomic E-state index is -4.49. The number of likely N-dealkylation sites (tertiary alicyclic amines) is 1. The van der Waals surface area contributed by atoms with Gasteiger partial charge in [0.15, 0.2) is 5.69 Å². The van der Waals surface area contributed by atoms with Crippen LogP contribution in [0.2, 0.25) is 0 Å². The molecule has 3 aliphatic rings. The van der Waals surface area contributed by atoms with Gasteiger partial charge in [-0.15, -0.1) is 0 Å². The molecule has 0 bridgehead atoms. The molecule has 1 N–H and O–H groups in total. The molecule has 2 saturated heterocycles. The molecule has 3 aliphatic heterocycles. The van der Waals surface area contributed by atoms with E-state index in [-0.39, 0.29) is 24.6 Å². The van der Waals surface area contributed by atoms with Crippen LogP contribution >= 0.6 is 0 Å². The number of aromatic nitrogens is 4. The monoisotopic (exact) mass is 523 g/mol. The van der Waals surface area contributed by atoms with E-state index >= 15 is 0 Å². The maximum absolute atomic E-state index is 13.4. The van der Waals surface area contributed by atoms with E-state index in [1.54, 1.807) is 14.0 Å². The molecule has 10 nitrogen and oxygen atoms in total. The van der Waals surface area contributed by atoms with Gasteiger partial charge in [-0.2, -0.15) is 13.2 Å². The lowest BCUT2D eigenvalue weighted by atomic mass is 9.99. The second-order valence-corrected chi connectivity index (χ2v) is 9.80. The zero-order valence-electron chi connectivity index (χ0n) is 21.0. The van der Waals surface area contributed by atoms with Gasteiger partial charge in [-0.3, -0.25) is 4.79 Å². The number of hydrogen-bond donors (Lipinski definition) is 1. The van der Waals surface area contributed by atoms with E-state index in [0.29, 0.717) is 68.3 Å². The first-order chi connectivity index (χ1) is 17.7. The van der Waals surface area contributed by atoms with Crippen molar-refractivity contribution in [2.75, 3.05) is 44.9 Å². The first-order valence-electron chi connectivity index (χ1n) is 12.6. The normalized spacial score (nSPS) is 23.3. The summed E-state index contributed by atoms with van der Waals surface area (Å²) in [5, 5.41) is 3.69. The molecule has 2 aromatic heterocycles. The number of carbonyl (C=O) groups is 1. The molecule has 2 aromatic rings. The highest BCUT2D eigenvalue weighted by molar-refractivity contribution is 5.94. The lowest BCUT2D eigenvalue weighted by Gasteiger charge is -2.38. The van der Waals surface area contributed by atoms with E-state index in [1.165, 1.54) is 10.9 Å². The summed E-state index contributed by atoms with van der Waals surface area (Å²) in [6.45, 7) is 5.29. The highest BCUT2D eigenvalue weighted by Crippen LogP contribution is 2.31. The Balaban J connectivity index is 1.23. The molecule has 0 aromatic carbocycles. The number of fused-ring (bicyclic) bond motifs is 1. The predicted molar refractivity (Wildman–Crippen MR) is 127 cm³/mol.